The molecule has 0 aliphatic carbocycles. The number of hydrogen-bond donors (Lipinski definition) is 2. The molecule has 7 heteroatoms. The van der Waals surface area contributed by atoms with Gasteiger partial charge in [0, 0.05) is 12.6 Å². The lowest BCUT2D eigenvalue weighted by atomic mass is 10.1. The van der Waals surface area contributed by atoms with Crippen LogP contribution in [0.4, 0.5) is 17.6 Å². The van der Waals surface area contributed by atoms with Gasteiger partial charge in [0.25, 0.3) is 5.91 Å². The van der Waals surface area contributed by atoms with Crippen molar-refractivity contribution in [1.82, 2.24) is 10.6 Å². The molecule has 0 aromatic heterocycles. The topological polar surface area (TPSA) is 41.1 Å². The summed E-state index contributed by atoms with van der Waals surface area (Å²) in [5.74, 6) is -2.35. The molecular weight excluding hydrogens is 264 g/mol. The Balaban J connectivity index is 2.22. The van der Waals surface area contributed by atoms with Crippen LogP contribution in [0.15, 0.2) is 18.2 Å². The Morgan fingerprint density at radius 1 is 1.37 bits per heavy atom. The minimum absolute atomic E-state index is 0.179. The van der Waals surface area contributed by atoms with Crippen LogP contribution in [0.25, 0.3) is 0 Å². The number of halogens is 4. The van der Waals surface area contributed by atoms with Gasteiger partial charge in [0.05, 0.1) is 11.1 Å². The summed E-state index contributed by atoms with van der Waals surface area (Å²) in [5, 5.41) is 5.50. The maximum atomic E-state index is 13.7. The highest BCUT2D eigenvalue weighted by atomic mass is 19.4. The molecule has 0 spiro atoms. The minimum Gasteiger partial charge on any atom is -0.348 e. The van der Waals surface area contributed by atoms with Crippen molar-refractivity contribution in [3.63, 3.8) is 0 Å². The molecule has 1 saturated heterocycles. The van der Waals surface area contributed by atoms with Crippen molar-refractivity contribution < 1.29 is 22.4 Å². The zero-order valence-electron chi connectivity index (χ0n) is 9.85. The molecule has 19 heavy (non-hydrogen) atoms. The number of carbonyl (C=O) groups excluding carboxylic acids is 1. The predicted molar refractivity (Wildman–Crippen MR) is 60.1 cm³/mol. The fraction of sp³-hybridized carbons (Fsp3) is 0.417. The molecule has 0 radical (unpaired) electrons. The van der Waals surface area contributed by atoms with Crippen molar-refractivity contribution in [2.45, 2.75) is 18.6 Å². The van der Waals surface area contributed by atoms with Gasteiger partial charge in [-0.2, -0.15) is 13.2 Å². The zero-order valence-corrected chi connectivity index (χ0v) is 9.85. The minimum atomic E-state index is -4.81. The van der Waals surface area contributed by atoms with Crippen molar-refractivity contribution in [1.29, 1.82) is 0 Å². The summed E-state index contributed by atoms with van der Waals surface area (Å²) < 4.78 is 51.2. The smallest absolute Gasteiger partial charge is 0.348 e. The monoisotopic (exact) mass is 276 g/mol. The highest BCUT2D eigenvalue weighted by Gasteiger charge is 2.35. The van der Waals surface area contributed by atoms with E-state index in [0.717, 1.165) is 18.7 Å². The van der Waals surface area contributed by atoms with Gasteiger partial charge in [0.1, 0.15) is 5.82 Å². The Morgan fingerprint density at radius 3 is 2.68 bits per heavy atom. The van der Waals surface area contributed by atoms with Gasteiger partial charge in [0.2, 0.25) is 0 Å². The second kappa shape index (κ2) is 5.16. The highest BCUT2D eigenvalue weighted by molar-refractivity contribution is 5.95. The number of carbonyl (C=O) groups is 1. The summed E-state index contributed by atoms with van der Waals surface area (Å²) in [5.41, 5.74) is -2.01. The molecule has 3 nitrogen and oxygen atoms in total. The van der Waals surface area contributed by atoms with E-state index in [1.807, 2.05) is 0 Å². The van der Waals surface area contributed by atoms with E-state index in [9.17, 15) is 22.4 Å². The fourth-order valence-corrected chi connectivity index (χ4v) is 1.97. The third kappa shape index (κ3) is 3.04. The van der Waals surface area contributed by atoms with Crippen LogP contribution in [0, 0.1) is 5.82 Å². The molecule has 2 N–H and O–H groups in total. The normalized spacial score (nSPS) is 19.5. The van der Waals surface area contributed by atoms with E-state index >= 15 is 0 Å². The molecule has 1 amide bonds. The van der Waals surface area contributed by atoms with Crippen LogP contribution < -0.4 is 10.6 Å². The maximum Gasteiger partial charge on any atom is 0.419 e. The number of alkyl halides is 3. The maximum absolute atomic E-state index is 13.7. The first-order chi connectivity index (χ1) is 8.89. The third-order valence-corrected chi connectivity index (χ3v) is 2.94. The number of amides is 1. The highest BCUT2D eigenvalue weighted by Crippen LogP contribution is 2.32. The van der Waals surface area contributed by atoms with E-state index in [1.165, 1.54) is 0 Å². The van der Waals surface area contributed by atoms with Gasteiger partial charge in [-0.25, -0.2) is 4.39 Å². The lowest BCUT2D eigenvalue weighted by Crippen LogP contribution is -2.36. The van der Waals surface area contributed by atoms with Crippen LogP contribution >= 0.6 is 0 Å². The molecule has 1 aliphatic heterocycles. The molecule has 1 aromatic rings. The standard InChI is InChI=1S/C12H12F4N2O/c13-10-8(2-1-3-9(10)12(14,15)16)11(19)18-7-4-5-17-6-7/h1-3,7,17H,4-6H2,(H,18,19)/t7-/m0/s1. The summed E-state index contributed by atoms with van der Waals surface area (Å²) in [7, 11) is 0. The molecule has 1 fully saturated rings. The largest absolute Gasteiger partial charge is 0.419 e. The fourth-order valence-electron chi connectivity index (χ4n) is 1.97. The number of hydrogen-bond acceptors (Lipinski definition) is 2. The van der Waals surface area contributed by atoms with Crippen LogP contribution in [-0.2, 0) is 6.18 Å². The van der Waals surface area contributed by atoms with Gasteiger partial charge in [-0.3, -0.25) is 4.79 Å². The molecular formula is C12H12F4N2O. The summed E-state index contributed by atoms with van der Waals surface area (Å²) in [6.45, 7) is 1.25. The zero-order chi connectivity index (χ0) is 14.0. The summed E-state index contributed by atoms with van der Waals surface area (Å²) >= 11 is 0. The molecule has 2 rings (SSSR count). The summed E-state index contributed by atoms with van der Waals surface area (Å²) in [4.78, 5) is 11.8. The molecule has 1 heterocycles. The van der Waals surface area contributed by atoms with E-state index in [1.54, 1.807) is 0 Å². The first kappa shape index (κ1) is 13.8. The van der Waals surface area contributed by atoms with Gasteiger partial charge in [-0.15, -0.1) is 0 Å². The second-order valence-corrected chi connectivity index (χ2v) is 4.33. The Hall–Kier alpha value is -1.63. The SMILES string of the molecule is O=C(N[C@H]1CCNC1)c1cccc(C(F)(F)F)c1F. The van der Waals surface area contributed by atoms with E-state index < -0.39 is 29.0 Å². The predicted octanol–water partition coefficient (Wildman–Crippen LogP) is 1.94. The van der Waals surface area contributed by atoms with Crippen molar-refractivity contribution in [2.24, 2.45) is 0 Å². The molecule has 1 aliphatic rings. The summed E-state index contributed by atoms with van der Waals surface area (Å²) in [6.07, 6.45) is -4.14. The number of nitrogens with one attached hydrogen (secondary N) is 2. The van der Waals surface area contributed by atoms with Crippen LogP contribution in [0.3, 0.4) is 0 Å². The molecule has 0 unspecified atom stereocenters. The molecule has 104 valence electrons. The Bertz CT molecular complexity index is 481. The van der Waals surface area contributed by atoms with E-state index in [0.29, 0.717) is 19.0 Å². The van der Waals surface area contributed by atoms with Crippen LogP contribution in [-0.4, -0.2) is 25.0 Å². The molecule has 0 saturated carbocycles. The van der Waals surface area contributed by atoms with Gasteiger partial charge in [-0.1, -0.05) is 6.07 Å². The second-order valence-electron chi connectivity index (χ2n) is 4.33. The van der Waals surface area contributed by atoms with Crippen molar-refractivity contribution in [3.8, 4) is 0 Å². The van der Waals surface area contributed by atoms with Crippen LogP contribution in [0.2, 0.25) is 0 Å². The van der Waals surface area contributed by atoms with Gasteiger partial charge < -0.3 is 10.6 Å². The molecule has 1 aromatic carbocycles. The average Bonchev–Trinajstić information content (AvgIpc) is 2.80. The van der Waals surface area contributed by atoms with Crippen molar-refractivity contribution in [2.75, 3.05) is 13.1 Å². The third-order valence-electron chi connectivity index (χ3n) is 2.94. The molecule has 1 atom stereocenters. The quantitative estimate of drug-likeness (QED) is 0.810. The van der Waals surface area contributed by atoms with E-state index in [2.05, 4.69) is 10.6 Å². The Kier molecular flexibility index (Phi) is 3.75. The number of benzene rings is 1. The van der Waals surface area contributed by atoms with Crippen molar-refractivity contribution in [3.05, 3.63) is 35.1 Å². The molecule has 0 bridgehead atoms. The number of rotatable bonds is 2. The Morgan fingerprint density at radius 2 is 2.11 bits per heavy atom. The lowest BCUT2D eigenvalue weighted by Gasteiger charge is -2.14. The summed E-state index contributed by atoms with van der Waals surface area (Å²) in [6, 6.07) is 2.50. The van der Waals surface area contributed by atoms with Crippen LogP contribution in [0.1, 0.15) is 22.3 Å². The van der Waals surface area contributed by atoms with Gasteiger partial charge in [-0.05, 0) is 25.1 Å². The van der Waals surface area contributed by atoms with Crippen LogP contribution in [0.5, 0.6) is 0 Å². The van der Waals surface area contributed by atoms with E-state index in [-0.39, 0.29) is 6.04 Å². The van der Waals surface area contributed by atoms with Gasteiger partial charge >= 0.3 is 6.18 Å². The van der Waals surface area contributed by atoms with Crippen molar-refractivity contribution >= 4 is 5.91 Å². The lowest BCUT2D eigenvalue weighted by molar-refractivity contribution is -0.140. The average molecular weight is 276 g/mol. The first-order valence-electron chi connectivity index (χ1n) is 5.77. The van der Waals surface area contributed by atoms with Gasteiger partial charge in [0.15, 0.2) is 0 Å². The first-order valence-corrected chi connectivity index (χ1v) is 5.77. The Labute approximate surface area is 107 Å². The van der Waals surface area contributed by atoms with E-state index in [4.69, 9.17) is 0 Å².